The van der Waals surface area contributed by atoms with E-state index < -0.39 is 35.1 Å². The highest BCUT2D eigenvalue weighted by molar-refractivity contribution is 5.93. The van der Waals surface area contributed by atoms with E-state index in [4.69, 9.17) is 0 Å². The number of amides is 1. The largest absolute Gasteiger partial charge is 0.435 e. The molecule has 1 aliphatic carbocycles. The molecule has 0 spiro atoms. The molecule has 1 amide bonds. The van der Waals surface area contributed by atoms with Crippen LogP contribution in [0.1, 0.15) is 47.2 Å². The van der Waals surface area contributed by atoms with E-state index in [-0.39, 0.29) is 17.0 Å². The van der Waals surface area contributed by atoms with E-state index >= 15 is 0 Å². The van der Waals surface area contributed by atoms with E-state index in [1.54, 1.807) is 6.07 Å². The lowest BCUT2D eigenvalue weighted by Crippen LogP contribution is -2.36. The van der Waals surface area contributed by atoms with Crippen LogP contribution in [-0.4, -0.2) is 26.8 Å². The lowest BCUT2D eigenvalue weighted by Gasteiger charge is -2.18. The Kier molecular flexibility index (Phi) is 6.27. The fraction of sp³-hybridized carbons (Fsp3) is 0.318. The van der Waals surface area contributed by atoms with Gasteiger partial charge in [0.1, 0.15) is 5.69 Å². The van der Waals surface area contributed by atoms with Gasteiger partial charge in [-0.15, -0.1) is 0 Å². The van der Waals surface area contributed by atoms with Crippen LogP contribution in [0.3, 0.4) is 0 Å². The lowest BCUT2D eigenvalue weighted by molar-refractivity contribution is -0.141. The Balaban J connectivity index is 1.82. The van der Waals surface area contributed by atoms with Gasteiger partial charge < -0.3 is 5.32 Å². The second-order valence-electron chi connectivity index (χ2n) is 7.69. The first-order valence-electron chi connectivity index (χ1n) is 9.76. The maximum Gasteiger partial charge on any atom is 0.435 e. The van der Waals surface area contributed by atoms with E-state index in [1.807, 2.05) is 0 Å². The second kappa shape index (κ2) is 8.53. The zero-order valence-electron chi connectivity index (χ0n) is 17.7. The smallest absolute Gasteiger partial charge is 0.341 e. The summed E-state index contributed by atoms with van der Waals surface area (Å²) < 4.78 is 78.2. The highest BCUT2D eigenvalue weighted by atomic mass is 19.4. The van der Waals surface area contributed by atoms with Crippen LogP contribution in [0.5, 0.6) is 0 Å². The Labute approximate surface area is 185 Å². The number of hydrogen-bond donors (Lipinski definition) is 1. The third-order valence-corrected chi connectivity index (χ3v) is 5.23. The molecule has 3 rings (SSSR count). The molecule has 0 radical (unpaired) electrons. The molecule has 11 heteroatoms. The predicted molar refractivity (Wildman–Crippen MR) is 109 cm³/mol. The van der Waals surface area contributed by atoms with Crippen LogP contribution in [0, 0.1) is 0 Å². The van der Waals surface area contributed by atoms with Crippen molar-refractivity contribution in [2.45, 2.75) is 37.7 Å². The van der Waals surface area contributed by atoms with Crippen LogP contribution in [0.15, 0.2) is 54.8 Å². The van der Waals surface area contributed by atoms with Crippen LogP contribution >= 0.6 is 0 Å². The monoisotopic (exact) mass is 470 g/mol. The van der Waals surface area contributed by atoms with Crippen LogP contribution < -0.4 is 5.32 Å². The summed E-state index contributed by atoms with van der Waals surface area (Å²) in [6, 6.07) is 3.81. The van der Waals surface area contributed by atoms with Gasteiger partial charge in [0.05, 0.1) is 11.2 Å². The SMILES string of the molecule is C=C/C=C(\C=C(/C)C(F)(F)F)c1ccc(C2(NC(=O)c3cc(C(F)(F)F)nn3C)CC2)cn1. The number of nitrogens with one attached hydrogen (secondary N) is 1. The number of halogens is 6. The van der Waals surface area contributed by atoms with Gasteiger partial charge in [-0.3, -0.25) is 14.5 Å². The lowest BCUT2D eigenvalue weighted by atomic mass is 10.0. The first-order valence-corrected chi connectivity index (χ1v) is 9.76. The number of rotatable bonds is 6. The molecule has 0 unspecified atom stereocenters. The summed E-state index contributed by atoms with van der Waals surface area (Å²) in [5, 5.41) is 6.07. The summed E-state index contributed by atoms with van der Waals surface area (Å²) in [5.74, 6) is -0.724. The molecule has 0 bridgehead atoms. The number of pyridine rings is 1. The fourth-order valence-corrected chi connectivity index (χ4v) is 3.21. The minimum absolute atomic E-state index is 0.204. The van der Waals surface area contributed by atoms with Gasteiger partial charge in [0.25, 0.3) is 5.91 Å². The first kappa shape index (κ1) is 24.3. The number of aromatic nitrogens is 3. The molecule has 0 aliphatic heterocycles. The van der Waals surface area contributed by atoms with E-state index in [0.29, 0.717) is 24.5 Å². The van der Waals surface area contributed by atoms with Crippen molar-refractivity contribution in [2.75, 3.05) is 0 Å². The summed E-state index contributed by atoms with van der Waals surface area (Å²) in [7, 11) is 1.24. The van der Waals surface area contributed by atoms with Gasteiger partial charge in [-0.2, -0.15) is 31.4 Å². The van der Waals surface area contributed by atoms with E-state index in [9.17, 15) is 31.1 Å². The number of nitrogens with zero attached hydrogens (tertiary/aromatic N) is 3. The summed E-state index contributed by atoms with van der Waals surface area (Å²) in [6.07, 6.45) is -2.97. The second-order valence-corrected chi connectivity index (χ2v) is 7.69. The maximum absolute atomic E-state index is 12.9. The van der Waals surface area contributed by atoms with Crippen molar-refractivity contribution in [1.29, 1.82) is 0 Å². The number of alkyl halides is 6. The van der Waals surface area contributed by atoms with Gasteiger partial charge in [0.2, 0.25) is 0 Å². The molecule has 0 saturated heterocycles. The molecule has 1 fully saturated rings. The van der Waals surface area contributed by atoms with Crippen molar-refractivity contribution in [2.24, 2.45) is 7.05 Å². The molecule has 1 aliphatic rings. The van der Waals surface area contributed by atoms with Crippen LogP contribution in [0.25, 0.3) is 5.57 Å². The molecule has 2 aromatic heterocycles. The first-order chi connectivity index (χ1) is 15.3. The molecule has 0 atom stereocenters. The fourth-order valence-electron chi connectivity index (χ4n) is 3.21. The molecule has 1 N–H and O–H groups in total. The van der Waals surface area contributed by atoms with Gasteiger partial charge in [0.15, 0.2) is 5.69 Å². The highest BCUT2D eigenvalue weighted by Gasteiger charge is 2.47. The van der Waals surface area contributed by atoms with E-state index in [2.05, 4.69) is 22.0 Å². The summed E-state index contributed by atoms with van der Waals surface area (Å²) in [4.78, 5) is 16.8. The molecular weight excluding hydrogens is 450 g/mol. The van der Waals surface area contributed by atoms with Crippen molar-refractivity contribution in [3.63, 3.8) is 0 Å². The zero-order chi connectivity index (χ0) is 24.6. The third kappa shape index (κ3) is 5.35. The Bertz CT molecular complexity index is 1120. The Hall–Kier alpha value is -3.37. The van der Waals surface area contributed by atoms with Gasteiger partial charge in [0, 0.05) is 30.5 Å². The quantitative estimate of drug-likeness (QED) is 0.459. The van der Waals surface area contributed by atoms with Gasteiger partial charge in [-0.25, -0.2) is 0 Å². The van der Waals surface area contributed by atoms with Crippen LogP contribution in [0.4, 0.5) is 26.3 Å². The molecular formula is C22H20F6N4O. The molecule has 33 heavy (non-hydrogen) atoms. The molecule has 2 aromatic rings. The van der Waals surface area contributed by atoms with Crippen molar-refractivity contribution in [3.05, 3.63) is 77.4 Å². The third-order valence-electron chi connectivity index (χ3n) is 5.23. The number of allylic oxidation sites excluding steroid dienone is 5. The predicted octanol–water partition coefficient (Wildman–Crippen LogP) is 5.33. The van der Waals surface area contributed by atoms with Gasteiger partial charge in [-0.05, 0) is 37.5 Å². The average molecular weight is 470 g/mol. The minimum atomic E-state index is -4.68. The Morgan fingerprint density at radius 1 is 1.21 bits per heavy atom. The molecule has 176 valence electrons. The number of aryl methyl sites for hydroxylation is 1. The Morgan fingerprint density at radius 2 is 1.88 bits per heavy atom. The minimum Gasteiger partial charge on any atom is -0.341 e. The highest BCUT2D eigenvalue weighted by Crippen LogP contribution is 2.45. The average Bonchev–Trinajstić information content (AvgIpc) is 3.38. The number of hydrogen-bond acceptors (Lipinski definition) is 3. The van der Waals surface area contributed by atoms with E-state index in [0.717, 1.165) is 17.7 Å². The van der Waals surface area contributed by atoms with E-state index in [1.165, 1.54) is 31.5 Å². The summed E-state index contributed by atoms with van der Waals surface area (Å²) >= 11 is 0. The molecule has 0 aromatic carbocycles. The van der Waals surface area contributed by atoms with Gasteiger partial charge >= 0.3 is 12.4 Å². The standard InChI is InChI=1S/C22H20F6N4O/c1-4-5-14(10-13(2)21(23,24)25)16-7-6-15(12-29-16)20(8-9-20)30-19(33)17-11-18(22(26,27)28)31-32(17)3/h4-7,10-12H,1,8-9H2,2-3H3,(H,30,33)/b13-10+,14-5+. The molecule has 1 saturated carbocycles. The van der Waals surface area contributed by atoms with Crippen LogP contribution in [-0.2, 0) is 18.8 Å². The summed E-state index contributed by atoms with van der Waals surface area (Å²) in [6.45, 7) is 4.46. The number of carbonyl (C=O) groups is 1. The van der Waals surface area contributed by atoms with Crippen LogP contribution in [0.2, 0.25) is 0 Å². The molecule has 5 nitrogen and oxygen atoms in total. The van der Waals surface area contributed by atoms with Gasteiger partial charge in [-0.1, -0.05) is 24.8 Å². The topological polar surface area (TPSA) is 59.8 Å². The van der Waals surface area contributed by atoms with Crippen molar-refractivity contribution >= 4 is 11.5 Å². The molecule has 2 heterocycles. The van der Waals surface area contributed by atoms with Crippen molar-refractivity contribution < 1.29 is 31.1 Å². The van der Waals surface area contributed by atoms with Crippen molar-refractivity contribution in [3.8, 4) is 0 Å². The van der Waals surface area contributed by atoms with Crippen molar-refractivity contribution in [1.82, 2.24) is 20.1 Å². The Morgan fingerprint density at radius 3 is 2.33 bits per heavy atom. The maximum atomic E-state index is 12.9. The zero-order valence-corrected chi connectivity index (χ0v) is 17.7. The normalized spacial score (nSPS) is 16.5. The number of carbonyl (C=O) groups excluding carboxylic acids is 1. The summed E-state index contributed by atoms with van der Waals surface area (Å²) in [5.41, 5.74) is -1.97.